The van der Waals surface area contributed by atoms with Gasteiger partial charge in [-0.3, -0.25) is 0 Å². The number of ether oxygens (including phenoxy) is 1. The molecule has 0 radical (unpaired) electrons. The van der Waals surface area contributed by atoms with Gasteiger partial charge in [0, 0.05) is 11.6 Å². The van der Waals surface area contributed by atoms with Crippen molar-refractivity contribution in [2.24, 2.45) is 5.73 Å². The Morgan fingerprint density at radius 2 is 2.10 bits per heavy atom. The predicted molar refractivity (Wildman–Crippen MR) is 85.8 cm³/mol. The Labute approximate surface area is 134 Å². The lowest BCUT2D eigenvalue weighted by Crippen LogP contribution is -2.09. The maximum Gasteiger partial charge on any atom is 0.145 e. The number of rotatable bonds is 4. The van der Waals surface area contributed by atoms with E-state index in [1.54, 1.807) is 0 Å². The maximum absolute atomic E-state index is 13.4. The molecule has 0 saturated heterocycles. The molecule has 0 aliphatic heterocycles. The van der Waals surface area contributed by atoms with E-state index in [1.807, 2.05) is 24.3 Å². The van der Waals surface area contributed by atoms with Gasteiger partial charge >= 0.3 is 0 Å². The van der Waals surface area contributed by atoms with Gasteiger partial charge < -0.3 is 10.5 Å². The second kappa shape index (κ2) is 6.52. The lowest BCUT2D eigenvalue weighted by atomic mass is 10.1. The van der Waals surface area contributed by atoms with Crippen LogP contribution in [0.1, 0.15) is 11.1 Å². The largest absolute Gasteiger partial charge is 0.488 e. The highest BCUT2D eigenvalue weighted by atomic mass is 79.9. The van der Waals surface area contributed by atoms with Crippen molar-refractivity contribution in [2.75, 3.05) is 0 Å². The minimum Gasteiger partial charge on any atom is -0.488 e. The summed E-state index contributed by atoms with van der Waals surface area (Å²) in [5, 5.41) is 0.0414. The molecule has 0 fully saturated rings. The standard InChI is InChI=1S/C14H10BrClFNOS/c15-10-5-11(16)12(17)6-13(10)19-7-8-2-1-3-9(4-8)14(18)20/h1-6H,7H2,(H2,18,20). The molecular weight excluding hydrogens is 365 g/mol. The van der Waals surface area contributed by atoms with E-state index in [1.165, 1.54) is 12.1 Å². The van der Waals surface area contributed by atoms with Gasteiger partial charge in [-0.2, -0.15) is 0 Å². The van der Waals surface area contributed by atoms with E-state index in [2.05, 4.69) is 15.9 Å². The van der Waals surface area contributed by atoms with Gasteiger partial charge in [-0.1, -0.05) is 42.0 Å². The summed E-state index contributed by atoms with van der Waals surface area (Å²) in [6, 6.07) is 10.1. The summed E-state index contributed by atoms with van der Waals surface area (Å²) in [6.07, 6.45) is 0. The zero-order valence-corrected chi connectivity index (χ0v) is 13.4. The Morgan fingerprint density at radius 3 is 2.80 bits per heavy atom. The molecule has 104 valence electrons. The quantitative estimate of drug-likeness (QED) is 0.634. The van der Waals surface area contributed by atoms with E-state index >= 15 is 0 Å². The van der Waals surface area contributed by atoms with Crippen molar-refractivity contribution in [1.82, 2.24) is 0 Å². The molecule has 2 aromatic rings. The van der Waals surface area contributed by atoms with Gasteiger partial charge in [-0.05, 0) is 33.6 Å². The van der Waals surface area contributed by atoms with Crippen molar-refractivity contribution in [2.45, 2.75) is 6.61 Å². The van der Waals surface area contributed by atoms with Crippen LogP contribution in [0.25, 0.3) is 0 Å². The molecule has 0 unspecified atom stereocenters. The first-order valence-corrected chi connectivity index (χ1v) is 7.21. The summed E-state index contributed by atoms with van der Waals surface area (Å²) in [5.41, 5.74) is 7.22. The molecule has 2 N–H and O–H groups in total. The lowest BCUT2D eigenvalue weighted by molar-refractivity contribution is 0.302. The monoisotopic (exact) mass is 373 g/mol. The van der Waals surface area contributed by atoms with Crippen molar-refractivity contribution in [3.8, 4) is 5.75 Å². The molecule has 6 heteroatoms. The van der Waals surface area contributed by atoms with Gasteiger partial charge in [0.2, 0.25) is 0 Å². The van der Waals surface area contributed by atoms with E-state index in [-0.39, 0.29) is 11.6 Å². The van der Waals surface area contributed by atoms with E-state index in [9.17, 15) is 4.39 Å². The summed E-state index contributed by atoms with van der Waals surface area (Å²) in [4.78, 5) is 0.325. The number of benzene rings is 2. The van der Waals surface area contributed by atoms with Gasteiger partial charge in [-0.15, -0.1) is 0 Å². The smallest absolute Gasteiger partial charge is 0.145 e. The molecule has 0 amide bonds. The molecule has 0 aliphatic carbocycles. The molecule has 0 aliphatic rings. The summed E-state index contributed by atoms with van der Waals surface area (Å²) < 4.78 is 19.5. The Bertz CT molecular complexity index is 666. The van der Waals surface area contributed by atoms with Crippen LogP contribution in [0.15, 0.2) is 40.9 Å². The zero-order valence-electron chi connectivity index (χ0n) is 10.2. The van der Waals surface area contributed by atoms with Gasteiger partial charge in [0.05, 0.1) is 9.50 Å². The molecule has 2 aromatic carbocycles. The first-order chi connectivity index (χ1) is 9.47. The molecule has 20 heavy (non-hydrogen) atoms. The normalized spacial score (nSPS) is 10.3. The Balaban J connectivity index is 2.15. The predicted octanol–water partition coefficient (Wildman–Crippen LogP) is 4.45. The minimum atomic E-state index is -0.526. The summed E-state index contributed by atoms with van der Waals surface area (Å²) in [5.74, 6) is -0.144. The number of thiocarbonyl (C=S) groups is 1. The maximum atomic E-state index is 13.4. The molecule has 0 bridgehead atoms. The highest BCUT2D eigenvalue weighted by Crippen LogP contribution is 2.31. The van der Waals surface area contributed by atoms with Gasteiger partial charge in [-0.25, -0.2) is 4.39 Å². The van der Waals surface area contributed by atoms with Crippen LogP contribution in [0, 0.1) is 5.82 Å². The van der Waals surface area contributed by atoms with Crippen LogP contribution >= 0.6 is 39.7 Å². The van der Waals surface area contributed by atoms with Crippen molar-refractivity contribution in [1.29, 1.82) is 0 Å². The first-order valence-electron chi connectivity index (χ1n) is 5.63. The minimum absolute atomic E-state index is 0.0414. The van der Waals surface area contributed by atoms with Gasteiger partial charge in [0.25, 0.3) is 0 Å². The van der Waals surface area contributed by atoms with Crippen LogP contribution in [0.2, 0.25) is 5.02 Å². The first kappa shape index (κ1) is 15.2. The molecule has 2 rings (SSSR count). The molecule has 0 atom stereocenters. The van der Waals surface area contributed by atoms with Crippen molar-refractivity contribution < 1.29 is 9.13 Å². The average Bonchev–Trinajstić information content (AvgIpc) is 2.41. The van der Waals surface area contributed by atoms with Crippen LogP contribution in [0.5, 0.6) is 5.75 Å². The van der Waals surface area contributed by atoms with Crippen molar-refractivity contribution in [3.05, 3.63) is 62.8 Å². The molecular formula is C14H10BrClFNOS. The molecule has 2 nitrogen and oxygen atoms in total. The number of hydrogen-bond acceptors (Lipinski definition) is 2. The average molecular weight is 375 g/mol. The third-order valence-electron chi connectivity index (χ3n) is 2.58. The molecule has 0 saturated carbocycles. The fourth-order valence-electron chi connectivity index (χ4n) is 1.59. The zero-order chi connectivity index (χ0) is 14.7. The van der Waals surface area contributed by atoms with E-state index in [0.29, 0.717) is 15.2 Å². The highest BCUT2D eigenvalue weighted by molar-refractivity contribution is 9.10. The third kappa shape index (κ3) is 3.69. The van der Waals surface area contributed by atoms with Crippen LogP contribution in [0.4, 0.5) is 4.39 Å². The summed E-state index contributed by atoms with van der Waals surface area (Å²) in [7, 11) is 0. The molecule has 0 spiro atoms. The fourth-order valence-corrected chi connectivity index (χ4v) is 2.47. The molecule has 0 heterocycles. The van der Waals surface area contributed by atoms with Crippen molar-refractivity contribution >= 4 is 44.7 Å². The van der Waals surface area contributed by atoms with Crippen LogP contribution in [0.3, 0.4) is 0 Å². The van der Waals surface area contributed by atoms with E-state index in [0.717, 1.165) is 11.1 Å². The summed E-state index contributed by atoms with van der Waals surface area (Å²) >= 11 is 13.9. The van der Waals surface area contributed by atoms with Gasteiger partial charge in [0.15, 0.2) is 0 Å². The lowest BCUT2D eigenvalue weighted by Gasteiger charge is -2.10. The highest BCUT2D eigenvalue weighted by Gasteiger charge is 2.08. The number of nitrogens with two attached hydrogens (primary N) is 1. The SMILES string of the molecule is NC(=S)c1cccc(COc2cc(F)c(Cl)cc2Br)c1. The van der Waals surface area contributed by atoms with E-state index < -0.39 is 5.82 Å². The van der Waals surface area contributed by atoms with Crippen LogP contribution < -0.4 is 10.5 Å². The Morgan fingerprint density at radius 1 is 1.35 bits per heavy atom. The second-order valence-corrected chi connectivity index (χ2v) is 5.75. The number of hydrogen-bond donors (Lipinski definition) is 1. The topological polar surface area (TPSA) is 35.2 Å². The third-order valence-corrected chi connectivity index (χ3v) is 3.73. The Kier molecular flexibility index (Phi) is 4.96. The summed E-state index contributed by atoms with van der Waals surface area (Å²) in [6.45, 7) is 0.274. The van der Waals surface area contributed by atoms with Crippen molar-refractivity contribution in [3.63, 3.8) is 0 Å². The Hall–Kier alpha value is -1.17. The van der Waals surface area contributed by atoms with Crippen LogP contribution in [-0.4, -0.2) is 4.99 Å². The number of halogens is 3. The van der Waals surface area contributed by atoms with Crippen LogP contribution in [-0.2, 0) is 6.61 Å². The molecule has 0 aromatic heterocycles. The van der Waals surface area contributed by atoms with Gasteiger partial charge in [0.1, 0.15) is 23.2 Å². The fraction of sp³-hybridized carbons (Fsp3) is 0.0714. The second-order valence-electron chi connectivity index (χ2n) is 4.05. The van der Waals surface area contributed by atoms with E-state index in [4.69, 9.17) is 34.3 Å².